The van der Waals surface area contributed by atoms with Gasteiger partial charge in [-0.2, -0.15) is 0 Å². The Kier molecular flexibility index (Phi) is 6.96. The zero-order valence-electron chi connectivity index (χ0n) is 24.6. The largest absolute Gasteiger partial charge is 0.371 e. The van der Waals surface area contributed by atoms with Crippen LogP contribution in [-0.4, -0.2) is 65.7 Å². The highest BCUT2D eigenvalue weighted by Crippen LogP contribution is 2.41. The van der Waals surface area contributed by atoms with E-state index in [2.05, 4.69) is 51.0 Å². The van der Waals surface area contributed by atoms with Gasteiger partial charge in [-0.1, -0.05) is 13.0 Å². The summed E-state index contributed by atoms with van der Waals surface area (Å²) in [6.45, 7) is 6.69. The van der Waals surface area contributed by atoms with Gasteiger partial charge in [-0.25, -0.2) is 0 Å². The van der Waals surface area contributed by atoms with Gasteiger partial charge in [0.05, 0.1) is 0 Å². The number of carbonyl (C=O) groups excluding carboxylic acids is 4. The van der Waals surface area contributed by atoms with Crippen LogP contribution in [0.4, 0.5) is 11.4 Å². The van der Waals surface area contributed by atoms with Crippen LogP contribution < -0.4 is 20.9 Å². The Hall–Kier alpha value is -4.18. The van der Waals surface area contributed by atoms with Crippen molar-refractivity contribution in [3.63, 3.8) is 0 Å². The number of fused-ring (bicyclic) bond motifs is 2. The lowest BCUT2D eigenvalue weighted by Crippen LogP contribution is -2.52. The van der Waals surface area contributed by atoms with Gasteiger partial charge in [0, 0.05) is 53.9 Å². The fraction of sp³-hybridized carbons (Fsp3) is 0.455. The van der Waals surface area contributed by atoms with Gasteiger partial charge in [0.1, 0.15) is 11.7 Å². The Bertz CT molecular complexity index is 1630. The van der Waals surface area contributed by atoms with E-state index in [1.807, 2.05) is 0 Å². The van der Waals surface area contributed by atoms with Crippen LogP contribution in [0.2, 0.25) is 0 Å². The Labute approximate surface area is 250 Å². The average molecular weight is 583 g/mol. The van der Waals surface area contributed by atoms with Gasteiger partial charge in [0.25, 0.3) is 11.8 Å². The summed E-state index contributed by atoms with van der Waals surface area (Å²) in [6, 6.07) is 11.0. The van der Waals surface area contributed by atoms with Gasteiger partial charge in [0.15, 0.2) is 0 Å². The number of amides is 4. The molecule has 1 unspecified atom stereocenters. The number of anilines is 2. The fourth-order valence-electron chi connectivity index (χ4n) is 7.54. The molecule has 2 aromatic carbocycles. The predicted octanol–water partition coefficient (Wildman–Crippen LogP) is 3.71. The van der Waals surface area contributed by atoms with E-state index in [0.717, 1.165) is 48.2 Å². The second-order valence-electron chi connectivity index (χ2n) is 12.5. The maximum atomic E-state index is 13.6. The van der Waals surface area contributed by atoms with E-state index in [1.54, 1.807) is 18.2 Å². The number of rotatable bonds is 5. The highest BCUT2D eigenvalue weighted by molar-refractivity contribution is 6.09. The molecule has 224 valence electrons. The topological polar surface area (TPSA) is 127 Å². The molecule has 4 N–H and O–H groups in total. The summed E-state index contributed by atoms with van der Waals surface area (Å²) in [4.78, 5) is 57.9. The maximum absolute atomic E-state index is 13.6. The van der Waals surface area contributed by atoms with E-state index >= 15 is 0 Å². The summed E-state index contributed by atoms with van der Waals surface area (Å²) in [5.74, 6) is -1.22. The van der Waals surface area contributed by atoms with Crippen LogP contribution in [0.5, 0.6) is 0 Å². The Morgan fingerprint density at radius 2 is 1.81 bits per heavy atom. The summed E-state index contributed by atoms with van der Waals surface area (Å²) in [5, 5.41) is 9.90. The summed E-state index contributed by atoms with van der Waals surface area (Å²) >= 11 is 0. The lowest BCUT2D eigenvalue weighted by Gasteiger charge is -2.45. The van der Waals surface area contributed by atoms with Crippen LogP contribution in [0.1, 0.15) is 77.4 Å². The van der Waals surface area contributed by atoms with E-state index < -0.39 is 11.9 Å². The van der Waals surface area contributed by atoms with Crippen molar-refractivity contribution in [1.82, 2.24) is 20.5 Å². The lowest BCUT2D eigenvalue weighted by molar-refractivity contribution is -0.136. The summed E-state index contributed by atoms with van der Waals surface area (Å²) in [6.07, 6.45) is 6.22. The number of nitrogens with zero attached hydrogens (tertiary/aromatic N) is 2. The van der Waals surface area contributed by atoms with Gasteiger partial charge >= 0.3 is 0 Å². The number of hydrogen-bond donors (Lipinski definition) is 4. The van der Waals surface area contributed by atoms with Crippen LogP contribution in [0, 0.1) is 5.41 Å². The highest BCUT2D eigenvalue weighted by atomic mass is 16.2. The van der Waals surface area contributed by atoms with E-state index in [-0.39, 0.29) is 30.7 Å². The molecule has 3 saturated heterocycles. The molecule has 0 aliphatic carbocycles. The molecule has 1 atom stereocenters. The van der Waals surface area contributed by atoms with Crippen molar-refractivity contribution < 1.29 is 19.2 Å². The average Bonchev–Trinajstić information content (AvgIpc) is 3.54. The SMILES string of the molecule is CCc1c(C(=O)Nc2ccc3c(c2)CN(C2CCC(=O)NC2=O)C3=O)[nH]c2cc(N3CCC4(CCNCC4)CC3)ccc12. The molecule has 43 heavy (non-hydrogen) atoms. The zero-order valence-corrected chi connectivity index (χ0v) is 24.6. The van der Waals surface area contributed by atoms with Gasteiger partial charge in [0.2, 0.25) is 11.8 Å². The number of hydrogen-bond acceptors (Lipinski definition) is 6. The number of aromatic amines is 1. The number of imide groups is 1. The zero-order chi connectivity index (χ0) is 29.7. The molecule has 0 saturated carbocycles. The van der Waals surface area contributed by atoms with Gasteiger partial charge in [-0.15, -0.1) is 0 Å². The molecule has 4 aliphatic heterocycles. The van der Waals surface area contributed by atoms with Crippen molar-refractivity contribution in [1.29, 1.82) is 0 Å². The van der Waals surface area contributed by atoms with Gasteiger partial charge in [-0.3, -0.25) is 24.5 Å². The Morgan fingerprint density at radius 3 is 2.56 bits per heavy atom. The van der Waals surface area contributed by atoms with Crippen LogP contribution in [-0.2, 0) is 22.6 Å². The number of carbonyl (C=O) groups is 4. The summed E-state index contributed by atoms with van der Waals surface area (Å²) in [5.41, 5.74) is 6.01. The molecule has 3 aromatic rings. The predicted molar refractivity (Wildman–Crippen MR) is 164 cm³/mol. The second-order valence-corrected chi connectivity index (χ2v) is 12.5. The normalized spacial score (nSPS) is 21.8. The third-order valence-electron chi connectivity index (χ3n) is 10.1. The smallest absolute Gasteiger partial charge is 0.272 e. The molecule has 10 heteroatoms. The molecule has 4 amide bonds. The van der Waals surface area contributed by atoms with E-state index in [4.69, 9.17) is 0 Å². The van der Waals surface area contributed by atoms with Crippen molar-refractivity contribution in [3.05, 3.63) is 58.8 Å². The first-order valence-electron chi connectivity index (χ1n) is 15.5. The Morgan fingerprint density at radius 1 is 1.02 bits per heavy atom. The maximum Gasteiger partial charge on any atom is 0.272 e. The molecule has 1 spiro atoms. The molecule has 4 aliphatic rings. The quantitative estimate of drug-likeness (QED) is 0.340. The third-order valence-corrected chi connectivity index (χ3v) is 10.1. The van der Waals surface area contributed by atoms with Crippen LogP contribution in [0.3, 0.4) is 0 Å². The summed E-state index contributed by atoms with van der Waals surface area (Å²) < 4.78 is 0. The molecule has 10 nitrogen and oxygen atoms in total. The van der Waals surface area contributed by atoms with Gasteiger partial charge < -0.3 is 25.4 Å². The minimum Gasteiger partial charge on any atom is -0.371 e. The minimum atomic E-state index is -0.672. The molecular weight excluding hydrogens is 544 g/mol. The number of aryl methyl sites for hydroxylation is 1. The van der Waals surface area contributed by atoms with E-state index in [1.165, 1.54) is 36.3 Å². The molecule has 7 rings (SSSR count). The minimum absolute atomic E-state index is 0.209. The summed E-state index contributed by atoms with van der Waals surface area (Å²) in [7, 11) is 0. The van der Waals surface area contributed by atoms with Crippen molar-refractivity contribution in [2.45, 2.75) is 64.5 Å². The number of H-pyrrole nitrogens is 1. The first-order valence-corrected chi connectivity index (χ1v) is 15.5. The van der Waals surface area contributed by atoms with Crippen molar-refractivity contribution >= 4 is 45.9 Å². The van der Waals surface area contributed by atoms with Gasteiger partial charge in [-0.05, 0) is 98.5 Å². The van der Waals surface area contributed by atoms with Crippen LogP contribution in [0.15, 0.2) is 36.4 Å². The van der Waals surface area contributed by atoms with E-state index in [0.29, 0.717) is 35.2 Å². The van der Waals surface area contributed by atoms with Crippen molar-refractivity contribution in [2.24, 2.45) is 5.41 Å². The lowest BCUT2D eigenvalue weighted by atomic mass is 9.71. The molecule has 0 radical (unpaired) electrons. The molecule has 0 bridgehead atoms. The van der Waals surface area contributed by atoms with Crippen molar-refractivity contribution in [3.8, 4) is 0 Å². The number of piperidine rings is 3. The molecule has 3 fully saturated rings. The molecular formula is C33H38N6O4. The fourth-order valence-corrected chi connectivity index (χ4v) is 7.54. The monoisotopic (exact) mass is 582 g/mol. The van der Waals surface area contributed by atoms with Crippen LogP contribution >= 0.6 is 0 Å². The Balaban J connectivity index is 1.07. The first-order chi connectivity index (χ1) is 20.8. The number of benzene rings is 2. The second kappa shape index (κ2) is 10.8. The number of aromatic nitrogens is 1. The highest BCUT2D eigenvalue weighted by Gasteiger charge is 2.39. The standard InChI is InChI=1S/C33H38N6O4/c1-2-23-25-6-4-22(38-15-11-33(12-16-38)9-13-34-14-10-33)18-26(25)36-29(23)31(42)35-21-3-5-24-20(17-21)19-39(32(24)43)27-7-8-28(40)37-30(27)41/h3-6,17-18,27,34,36H,2,7-16,19H2,1H3,(H,35,42)(H,37,40,41). The van der Waals surface area contributed by atoms with Crippen molar-refractivity contribution in [2.75, 3.05) is 36.4 Å². The van der Waals surface area contributed by atoms with E-state index in [9.17, 15) is 19.2 Å². The number of nitrogens with one attached hydrogen (secondary N) is 4. The molecule has 5 heterocycles. The van der Waals surface area contributed by atoms with Crippen LogP contribution in [0.25, 0.3) is 10.9 Å². The first kappa shape index (κ1) is 27.6. The third kappa shape index (κ3) is 4.97. The molecule has 1 aromatic heterocycles.